The van der Waals surface area contributed by atoms with Crippen LogP contribution in [-0.2, 0) is 5.41 Å². The van der Waals surface area contributed by atoms with Crippen LogP contribution in [0.15, 0.2) is 93.6 Å². The molecule has 0 spiro atoms. The Hall–Kier alpha value is -3.34. The van der Waals surface area contributed by atoms with Gasteiger partial charge in [-0.25, -0.2) is 23.5 Å². The number of hydrogen-bond donors (Lipinski definition) is 0. The van der Waals surface area contributed by atoms with Crippen LogP contribution in [-0.4, -0.2) is 13.9 Å². The van der Waals surface area contributed by atoms with Gasteiger partial charge in [-0.3, -0.25) is 0 Å². The molecule has 2 bridgehead atoms. The fourth-order valence-electron chi connectivity index (χ4n) is 6.04. The molecule has 4 aliphatic rings. The van der Waals surface area contributed by atoms with E-state index in [1.807, 2.05) is 24.3 Å². The lowest BCUT2D eigenvalue weighted by Crippen LogP contribution is -2.63. The van der Waals surface area contributed by atoms with Crippen molar-refractivity contribution in [2.24, 2.45) is 5.92 Å². The third-order valence-corrected chi connectivity index (χ3v) is 7.29. The Bertz CT molecular complexity index is 1320. The summed E-state index contributed by atoms with van der Waals surface area (Å²) in [6.45, 7) is 4.34. The van der Waals surface area contributed by atoms with Crippen LogP contribution in [0.3, 0.4) is 0 Å². The summed E-state index contributed by atoms with van der Waals surface area (Å²) in [5.41, 5.74) is 3.65. The summed E-state index contributed by atoms with van der Waals surface area (Å²) in [5, 5.41) is 0. The van der Waals surface area contributed by atoms with E-state index in [0.29, 0.717) is 5.69 Å². The molecule has 0 radical (unpaired) electrons. The molecule has 4 atom stereocenters. The van der Waals surface area contributed by atoms with Gasteiger partial charge in [-0.1, -0.05) is 71.8 Å². The lowest BCUT2D eigenvalue weighted by molar-refractivity contribution is 0.0784. The zero-order valence-electron chi connectivity index (χ0n) is 16.3. The molecule has 2 aromatic carbocycles. The van der Waals surface area contributed by atoms with Gasteiger partial charge in [-0.2, -0.15) is 0 Å². The van der Waals surface area contributed by atoms with Gasteiger partial charge < -0.3 is 0 Å². The van der Waals surface area contributed by atoms with Crippen LogP contribution in [0.5, 0.6) is 0 Å². The minimum absolute atomic E-state index is 0.158. The first-order valence-electron chi connectivity index (χ1n) is 10.0. The molecule has 2 aliphatic carbocycles. The molecule has 3 heterocycles. The van der Waals surface area contributed by atoms with Crippen LogP contribution in [0.4, 0.5) is 0 Å². The Morgan fingerprint density at radius 3 is 2.10 bits per heavy atom. The van der Waals surface area contributed by atoms with E-state index in [1.165, 1.54) is 21.3 Å². The first-order valence-corrected chi connectivity index (χ1v) is 10.0. The molecule has 7 rings (SSSR count). The molecule has 0 unspecified atom stereocenters. The number of nitrogens with zero attached hydrogens (tertiary/aromatic N) is 3. The molecule has 0 N–H and O–H groups in total. The molecule has 1 aromatic heterocycles. The van der Waals surface area contributed by atoms with Crippen molar-refractivity contribution in [2.75, 3.05) is 0 Å². The molecule has 3 aromatic rings. The summed E-state index contributed by atoms with van der Waals surface area (Å²) in [6, 6.07) is 19.3. The SMILES string of the molecule is CC1=C(C)[C@]2(c3ccccc3)[C@H]1[C@H]1C=C[C@H]2n2c(=O)n(-c3ccccc3)c(=O)n21. The molecule has 0 saturated heterocycles. The fourth-order valence-corrected chi connectivity index (χ4v) is 6.04. The smallest absolute Gasteiger partial charge is 0.245 e. The first-order chi connectivity index (χ1) is 14.1. The van der Waals surface area contributed by atoms with Crippen molar-refractivity contribution >= 4 is 0 Å². The summed E-state index contributed by atoms with van der Waals surface area (Å²) in [6.07, 6.45) is 4.24. The quantitative estimate of drug-likeness (QED) is 0.637. The van der Waals surface area contributed by atoms with Crippen molar-refractivity contribution in [1.29, 1.82) is 0 Å². The summed E-state index contributed by atoms with van der Waals surface area (Å²) < 4.78 is 4.68. The number of rotatable bonds is 2. The van der Waals surface area contributed by atoms with Crippen molar-refractivity contribution in [3.05, 3.63) is 110 Å². The van der Waals surface area contributed by atoms with E-state index in [2.05, 4.69) is 50.3 Å². The van der Waals surface area contributed by atoms with Crippen molar-refractivity contribution in [1.82, 2.24) is 13.9 Å². The largest absolute Gasteiger partial charge is 0.352 e. The molecular weight excluding hydrogens is 362 g/mol. The Labute approximate surface area is 167 Å². The van der Waals surface area contributed by atoms with Gasteiger partial charge in [-0.15, -0.1) is 0 Å². The molecule has 5 nitrogen and oxygen atoms in total. The Kier molecular flexibility index (Phi) is 3.08. The monoisotopic (exact) mass is 383 g/mol. The van der Waals surface area contributed by atoms with E-state index < -0.39 is 0 Å². The maximum absolute atomic E-state index is 13.5. The lowest BCUT2D eigenvalue weighted by Gasteiger charge is -2.62. The molecule has 5 heteroatoms. The summed E-state index contributed by atoms with van der Waals surface area (Å²) >= 11 is 0. The standard InChI is InChI=1S/C24H21N3O2/c1-15-16(2)24(17-9-5-3-6-10-17)20-14-13-19(21(15)24)26-22(28)25(23(29)27(20)26)18-11-7-4-8-12-18/h3-14,19-21H,1-2H3/t19-,20-,21-,24-/m1/s1. The van der Waals surface area contributed by atoms with Gasteiger partial charge in [0.15, 0.2) is 0 Å². The minimum atomic E-state index is -0.274. The highest BCUT2D eigenvalue weighted by molar-refractivity contribution is 5.56. The zero-order chi connectivity index (χ0) is 19.9. The zero-order valence-corrected chi connectivity index (χ0v) is 16.3. The van der Waals surface area contributed by atoms with Crippen molar-refractivity contribution < 1.29 is 0 Å². The molecule has 144 valence electrons. The van der Waals surface area contributed by atoms with Gasteiger partial charge in [-0.05, 0) is 31.5 Å². The second-order valence-corrected chi connectivity index (χ2v) is 8.27. The van der Waals surface area contributed by atoms with Crippen LogP contribution < -0.4 is 11.4 Å². The highest BCUT2D eigenvalue weighted by Gasteiger charge is 2.64. The molecule has 0 amide bonds. The number of hydrogen-bond acceptors (Lipinski definition) is 2. The van der Waals surface area contributed by atoms with Gasteiger partial charge in [0, 0.05) is 5.92 Å². The van der Waals surface area contributed by atoms with Gasteiger partial charge in [0.05, 0.1) is 23.2 Å². The van der Waals surface area contributed by atoms with Crippen LogP contribution in [0.2, 0.25) is 0 Å². The summed E-state index contributed by atoms with van der Waals surface area (Å²) in [5.74, 6) is 0.184. The normalized spacial score (nSPS) is 28.8. The van der Waals surface area contributed by atoms with Gasteiger partial charge in [0.2, 0.25) is 0 Å². The minimum Gasteiger partial charge on any atom is -0.245 e. The van der Waals surface area contributed by atoms with Crippen molar-refractivity contribution in [3.63, 3.8) is 0 Å². The third kappa shape index (κ3) is 1.73. The fraction of sp³-hybridized carbons (Fsp3) is 0.250. The van der Waals surface area contributed by atoms with Crippen molar-refractivity contribution in [2.45, 2.75) is 31.3 Å². The second kappa shape index (κ2) is 5.38. The average molecular weight is 383 g/mol. The van der Waals surface area contributed by atoms with E-state index >= 15 is 0 Å². The van der Waals surface area contributed by atoms with E-state index in [1.54, 1.807) is 21.5 Å². The number of aromatic nitrogens is 3. The Morgan fingerprint density at radius 1 is 0.793 bits per heavy atom. The van der Waals surface area contributed by atoms with E-state index in [0.717, 1.165) is 0 Å². The third-order valence-electron chi connectivity index (χ3n) is 7.29. The van der Waals surface area contributed by atoms with Crippen LogP contribution in [0.1, 0.15) is 31.5 Å². The first kappa shape index (κ1) is 16.6. The molecule has 2 aliphatic heterocycles. The maximum atomic E-state index is 13.5. The highest BCUT2D eigenvalue weighted by atomic mass is 16.2. The summed E-state index contributed by atoms with van der Waals surface area (Å²) in [4.78, 5) is 26.9. The van der Waals surface area contributed by atoms with Gasteiger partial charge in [0.25, 0.3) is 0 Å². The molecule has 29 heavy (non-hydrogen) atoms. The Balaban J connectivity index is 1.67. The predicted octanol–water partition coefficient (Wildman–Crippen LogP) is 3.37. The van der Waals surface area contributed by atoms with Gasteiger partial charge in [0.1, 0.15) is 0 Å². The number of para-hydroxylation sites is 1. The van der Waals surface area contributed by atoms with E-state index in [9.17, 15) is 9.59 Å². The highest BCUT2D eigenvalue weighted by Crippen LogP contribution is 2.66. The van der Waals surface area contributed by atoms with Crippen LogP contribution in [0.25, 0.3) is 5.69 Å². The van der Waals surface area contributed by atoms with Crippen molar-refractivity contribution in [3.8, 4) is 5.69 Å². The average Bonchev–Trinajstić information content (AvgIpc) is 3.05. The molecule has 0 fully saturated rings. The number of benzene rings is 2. The topological polar surface area (TPSA) is 48.9 Å². The summed E-state index contributed by atoms with van der Waals surface area (Å²) in [7, 11) is 0. The lowest BCUT2D eigenvalue weighted by atomic mass is 9.46. The molecule has 0 saturated carbocycles. The van der Waals surface area contributed by atoms with Gasteiger partial charge >= 0.3 is 11.4 Å². The second-order valence-electron chi connectivity index (χ2n) is 8.27. The Morgan fingerprint density at radius 2 is 1.41 bits per heavy atom. The predicted molar refractivity (Wildman–Crippen MR) is 111 cm³/mol. The molecular formula is C24H21N3O2. The van der Waals surface area contributed by atoms with E-state index in [-0.39, 0.29) is 34.8 Å². The van der Waals surface area contributed by atoms with E-state index in [4.69, 9.17) is 0 Å². The maximum Gasteiger partial charge on any atom is 0.352 e. The van der Waals surface area contributed by atoms with Crippen LogP contribution >= 0.6 is 0 Å². The number of allylic oxidation sites excluding steroid dienone is 4. The van der Waals surface area contributed by atoms with Crippen LogP contribution in [0, 0.1) is 5.92 Å².